The first-order valence-corrected chi connectivity index (χ1v) is 10.3. The minimum Gasteiger partial charge on any atom is -0.478 e. The van der Waals surface area contributed by atoms with Gasteiger partial charge in [-0.15, -0.1) is 0 Å². The Hall–Kier alpha value is -3.93. The quantitative estimate of drug-likeness (QED) is 0.520. The summed E-state index contributed by atoms with van der Waals surface area (Å²) in [5.74, 6) is -1.48. The van der Waals surface area contributed by atoms with Gasteiger partial charge in [-0.05, 0) is 65.1 Å². The lowest BCUT2D eigenvalue weighted by Crippen LogP contribution is -2.23. The highest BCUT2D eigenvalue weighted by Gasteiger charge is 2.14. The highest BCUT2D eigenvalue weighted by molar-refractivity contribution is 6.04. The monoisotopic (exact) mass is 430 g/mol. The second kappa shape index (κ2) is 9.47. The summed E-state index contributed by atoms with van der Waals surface area (Å²) in [6.07, 6.45) is 0. The van der Waals surface area contributed by atoms with Gasteiger partial charge in [0, 0.05) is 23.4 Å². The minimum atomic E-state index is -1.02. The van der Waals surface area contributed by atoms with Crippen LogP contribution in [0.25, 0.3) is 0 Å². The van der Waals surface area contributed by atoms with Crippen molar-refractivity contribution in [2.75, 3.05) is 5.32 Å². The highest BCUT2D eigenvalue weighted by atomic mass is 16.4. The first-order valence-electron chi connectivity index (χ1n) is 10.3. The number of amides is 2. The molecular formula is C26H26N2O4. The van der Waals surface area contributed by atoms with Crippen molar-refractivity contribution in [1.82, 2.24) is 5.32 Å². The molecule has 0 spiro atoms. The Morgan fingerprint density at radius 3 is 1.75 bits per heavy atom. The Morgan fingerprint density at radius 1 is 0.719 bits per heavy atom. The predicted molar refractivity (Wildman–Crippen MR) is 124 cm³/mol. The molecule has 0 aliphatic heterocycles. The standard InChI is InChI=1S/C26H26N2O4/c1-26(2,3)21-12-8-18(9-13-21)23(29)27-16-17-4-6-19(7-5-17)24(30)28-22-14-10-20(11-15-22)25(31)32/h4-15H,16H2,1-3H3,(H,27,29)(H,28,30)(H,31,32). The number of carboxylic acids is 1. The lowest BCUT2D eigenvalue weighted by molar-refractivity contribution is 0.0696. The summed E-state index contributed by atoms with van der Waals surface area (Å²) in [6.45, 7) is 6.72. The average molecular weight is 431 g/mol. The van der Waals surface area contributed by atoms with Crippen LogP contribution >= 0.6 is 0 Å². The number of carbonyl (C=O) groups excluding carboxylic acids is 2. The topological polar surface area (TPSA) is 95.5 Å². The van der Waals surface area contributed by atoms with E-state index in [0.29, 0.717) is 23.4 Å². The number of hydrogen-bond donors (Lipinski definition) is 3. The Balaban J connectivity index is 1.55. The number of rotatable bonds is 6. The SMILES string of the molecule is CC(C)(C)c1ccc(C(=O)NCc2ccc(C(=O)Nc3ccc(C(=O)O)cc3)cc2)cc1. The van der Waals surface area contributed by atoms with Crippen molar-refractivity contribution in [3.05, 3.63) is 101 Å². The number of carboxylic acid groups (broad SMARTS) is 1. The van der Waals surface area contributed by atoms with E-state index in [-0.39, 0.29) is 22.8 Å². The first kappa shape index (κ1) is 22.7. The summed E-state index contributed by atoms with van der Waals surface area (Å²) < 4.78 is 0. The van der Waals surface area contributed by atoms with Crippen molar-refractivity contribution in [3.8, 4) is 0 Å². The van der Waals surface area contributed by atoms with E-state index in [1.54, 1.807) is 36.4 Å². The summed E-state index contributed by atoms with van der Waals surface area (Å²) >= 11 is 0. The third-order valence-electron chi connectivity index (χ3n) is 5.07. The van der Waals surface area contributed by atoms with E-state index >= 15 is 0 Å². The molecule has 3 aromatic rings. The summed E-state index contributed by atoms with van der Waals surface area (Å²) in [4.78, 5) is 35.7. The zero-order chi connectivity index (χ0) is 23.3. The van der Waals surface area contributed by atoms with Crippen LogP contribution in [-0.4, -0.2) is 22.9 Å². The third-order valence-corrected chi connectivity index (χ3v) is 5.07. The summed E-state index contributed by atoms with van der Waals surface area (Å²) in [5.41, 5.74) is 3.79. The number of hydrogen-bond acceptors (Lipinski definition) is 3. The Bertz CT molecular complexity index is 1110. The maximum absolute atomic E-state index is 12.4. The van der Waals surface area contributed by atoms with Gasteiger partial charge in [0.25, 0.3) is 11.8 Å². The lowest BCUT2D eigenvalue weighted by Gasteiger charge is -2.19. The summed E-state index contributed by atoms with van der Waals surface area (Å²) in [5, 5.41) is 14.5. The van der Waals surface area contributed by atoms with Gasteiger partial charge < -0.3 is 15.7 Å². The highest BCUT2D eigenvalue weighted by Crippen LogP contribution is 2.22. The van der Waals surface area contributed by atoms with Crippen LogP contribution in [0.4, 0.5) is 5.69 Å². The molecule has 6 nitrogen and oxygen atoms in total. The van der Waals surface area contributed by atoms with Gasteiger partial charge in [0.1, 0.15) is 0 Å². The normalized spacial score (nSPS) is 11.0. The molecule has 0 aromatic heterocycles. The zero-order valence-corrected chi connectivity index (χ0v) is 18.3. The molecule has 2 amide bonds. The molecule has 0 heterocycles. The van der Waals surface area contributed by atoms with Crippen molar-refractivity contribution in [1.29, 1.82) is 0 Å². The van der Waals surface area contributed by atoms with Crippen LogP contribution in [0.15, 0.2) is 72.8 Å². The number of anilines is 1. The van der Waals surface area contributed by atoms with Gasteiger partial charge in [-0.3, -0.25) is 9.59 Å². The van der Waals surface area contributed by atoms with E-state index in [2.05, 4.69) is 31.4 Å². The molecule has 3 aromatic carbocycles. The maximum atomic E-state index is 12.4. The fourth-order valence-corrected chi connectivity index (χ4v) is 3.08. The van der Waals surface area contributed by atoms with E-state index in [1.165, 1.54) is 17.7 Å². The fraction of sp³-hybridized carbons (Fsp3) is 0.192. The van der Waals surface area contributed by atoms with Gasteiger partial charge in [-0.25, -0.2) is 4.79 Å². The van der Waals surface area contributed by atoms with Gasteiger partial charge in [-0.1, -0.05) is 45.0 Å². The van der Waals surface area contributed by atoms with Crippen LogP contribution in [0, 0.1) is 0 Å². The van der Waals surface area contributed by atoms with Crippen LogP contribution in [0.1, 0.15) is 63.0 Å². The number of carbonyl (C=O) groups is 3. The van der Waals surface area contributed by atoms with E-state index in [0.717, 1.165) is 5.56 Å². The Labute approximate surface area is 187 Å². The molecule has 0 unspecified atom stereocenters. The molecular weight excluding hydrogens is 404 g/mol. The van der Waals surface area contributed by atoms with E-state index < -0.39 is 5.97 Å². The fourth-order valence-electron chi connectivity index (χ4n) is 3.08. The molecule has 0 saturated heterocycles. The lowest BCUT2D eigenvalue weighted by atomic mass is 9.87. The van der Waals surface area contributed by atoms with Crippen LogP contribution < -0.4 is 10.6 Å². The second-order valence-corrected chi connectivity index (χ2v) is 8.54. The average Bonchev–Trinajstić information content (AvgIpc) is 2.77. The van der Waals surface area contributed by atoms with Gasteiger partial charge in [0.15, 0.2) is 0 Å². The number of nitrogens with one attached hydrogen (secondary N) is 2. The molecule has 3 rings (SSSR count). The molecule has 6 heteroatoms. The van der Waals surface area contributed by atoms with Gasteiger partial charge in [-0.2, -0.15) is 0 Å². The van der Waals surface area contributed by atoms with Crippen LogP contribution in [0.5, 0.6) is 0 Å². The maximum Gasteiger partial charge on any atom is 0.335 e. The van der Waals surface area contributed by atoms with Crippen LogP contribution in [0.3, 0.4) is 0 Å². The molecule has 0 aliphatic rings. The largest absolute Gasteiger partial charge is 0.478 e. The summed E-state index contributed by atoms with van der Waals surface area (Å²) in [7, 11) is 0. The van der Waals surface area contributed by atoms with E-state index in [9.17, 15) is 14.4 Å². The Kier molecular flexibility index (Phi) is 6.73. The zero-order valence-electron chi connectivity index (χ0n) is 18.3. The molecule has 0 aliphatic carbocycles. The third kappa shape index (κ3) is 5.82. The van der Waals surface area contributed by atoms with Crippen LogP contribution in [-0.2, 0) is 12.0 Å². The van der Waals surface area contributed by atoms with E-state index in [4.69, 9.17) is 5.11 Å². The molecule has 32 heavy (non-hydrogen) atoms. The number of aromatic carboxylic acids is 1. The van der Waals surface area contributed by atoms with Gasteiger partial charge in [0.2, 0.25) is 0 Å². The van der Waals surface area contributed by atoms with Crippen LogP contribution in [0.2, 0.25) is 0 Å². The minimum absolute atomic E-state index is 0.0327. The molecule has 0 bridgehead atoms. The van der Waals surface area contributed by atoms with E-state index in [1.807, 2.05) is 24.3 Å². The van der Waals surface area contributed by atoms with Crippen molar-refractivity contribution in [3.63, 3.8) is 0 Å². The molecule has 0 saturated carbocycles. The van der Waals surface area contributed by atoms with Crippen molar-refractivity contribution in [2.24, 2.45) is 0 Å². The smallest absolute Gasteiger partial charge is 0.335 e. The van der Waals surface area contributed by atoms with Gasteiger partial charge in [0.05, 0.1) is 5.56 Å². The van der Waals surface area contributed by atoms with Crippen molar-refractivity contribution < 1.29 is 19.5 Å². The molecule has 0 fully saturated rings. The summed E-state index contributed by atoms with van der Waals surface area (Å²) in [6, 6.07) is 20.5. The van der Waals surface area contributed by atoms with Crippen molar-refractivity contribution >= 4 is 23.5 Å². The molecule has 0 radical (unpaired) electrons. The second-order valence-electron chi connectivity index (χ2n) is 8.54. The molecule has 3 N–H and O–H groups in total. The number of benzene rings is 3. The van der Waals surface area contributed by atoms with Crippen molar-refractivity contribution in [2.45, 2.75) is 32.7 Å². The van der Waals surface area contributed by atoms with Gasteiger partial charge >= 0.3 is 5.97 Å². The molecule has 0 atom stereocenters. The molecule has 164 valence electrons. The predicted octanol–water partition coefficient (Wildman–Crippen LogP) is 4.86. The first-order chi connectivity index (χ1) is 15.1. The Morgan fingerprint density at radius 2 is 1.22 bits per heavy atom.